The fourth-order valence-electron chi connectivity index (χ4n) is 0.540. The highest BCUT2D eigenvalue weighted by molar-refractivity contribution is 7.80. The van der Waals surface area contributed by atoms with Gasteiger partial charge in [-0.3, -0.25) is 0 Å². The van der Waals surface area contributed by atoms with Crippen molar-refractivity contribution in [1.82, 2.24) is 20.2 Å². The lowest BCUT2D eigenvalue weighted by Crippen LogP contribution is -2.08. The maximum absolute atomic E-state index is 10.6. The van der Waals surface area contributed by atoms with Crippen LogP contribution in [-0.2, 0) is 23.2 Å². The molecule has 64 valence electrons. The molecule has 0 atom stereocenters. The van der Waals surface area contributed by atoms with E-state index in [0.29, 0.717) is 5.82 Å². The summed E-state index contributed by atoms with van der Waals surface area (Å²) in [7, 11) is 1.65. The van der Waals surface area contributed by atoms with E-state index in [-0.39, 0.29) is 6.61 Å². The van der Waals surface area contributed by atoms with Gasteiger partial charge in [-0.15, -0.1) is 5.10 Å². The molecule has 1 aromatic heterocycles. The van der Waals surface area contributed by atoms with E-state index >= 15 is 0 Å². The van der Waals surface area contributed by atoms with E-state index in [4.69, 9.17) is 0 Å². The van der Waals surface area contributed by atoms with E-state index in [2.05, 4.69) is 32.5 Å². The third-order valence-electron chi connectivity index (χ3n) is 1.15. The van der Waals surface area contributed by atoms with Gasteiger partial charge in [0.15, 0.2) is 12.4 Å². The zero-order valence-corrected chi connectivity index (χ0v) is 7.11. The Balaban J connectivity index is 2.48. The third-order valence-corrected chi connectivity index (χ3v) is 1.34. The molecule has 0 N–H and O–H groups in total. The summed E-state index contributed by atoms with van der Waals surface area (Å²) >= 11 is 4.34. The maximum atomic E-state index is 10.6. The minimum Gasteiger partial charge on any atom is -0.454 e. The molecule has 0 aliphatic heterocycles. The number of esters is 1. The highest BCUT2D eigenvalue weighted by Crippen LogP contribution is 1.91. The zero-order chi connectivity index (χ0) is 8.97. The standard InChI is InChI=1S/C5H6N4O2S/c1-9-4(6-7-8-9)2-11-5(10)3-12/h3H,2H2,1H3. The van der Waals surface area contributed by atoms with Crippen molar-refractivity contribution in [3.05, 3.63) is 5.82 Å². The van der Waals surface area contributed by atoms with Crippen LogP contribution >= 0.6 is 12.2 Å². The van der Waals surface area contributed by atoms with Gasteiger partial charge in [0.1, 0.15) is 0 Å². The smallest absolute Gasteiger partial charge is 0.342 e. The van der Waals surface area contributed by atoms with Gasteiger partial charge in [0.25, 0.3) is 0 Å². The van der Waals surface area contributed by atoms with Gasteiger partial charge in [0.05, 0.1) is 5.37 Å². The number of ether oxygens (including phenoxy) is 1. The first-order chi connectivity index (χ1) is 5.74. The van der Waals surface area contributed by atoms with Crippen LogP contribution in [0, 0.1) is 0 Å². The Morgan fingerprint density at radius 3 is 3.08 bits per heavy atom. The Morgan fingerprint density at radius 2 is 2.58 bits per heavy atom. The monoisotopic (exact) mass is 186 g/mol. The van der Waals surface area contributed by atoms with Crippen LogP contribution in [0.4, 0.5) is 0 Å². The van der Waals surface area contributed by atoms with E-state index in [1.165, 1.54) is 4.68 Å². The number of tetrazole rings is 1. The van der Waals surface area contributed by atoms with Crippen LogP contribution in [-0.4, -0.2) is 31.5 Å². The molecule has 0 aliphatic carbocycles. The second kappa shape index (κ2) is 3.86. The largest absolute Gasteiger partial charge is 0.454 e. The number of carbonyl (C=O) groups excluding carboxylic acids is 1. The van der Waals surface area contributed by atoms with Crippen LogP contribution < -0.4 is 0 Å². The molecular weight excluding hydrogens is 180 g/mol. The first kappa shape index (κ1) is 8.72. The Morgan fingerprint density at radius 1 is 1.83 bits per heavy atom. The highest BCUT2D eigenvalue weighted by Gasteiger charge is 2.04. The van der Waals surface area contributed by atoms with Crippen molar-refractivity contribution in [1.29, 1.82) is 0 Å². The Hall–Kier alpha value is -1.37. The molecule has 0 aromatic carbocycles. The zero-order valence-electron chi connectivity index (χ0n) is 6.30. The normalized spacial score (nSPS) is 9.42. The summed E-state index contributed by atoms with van der Waals surface area (Å²) in [6.07, 6.45) is 0. The number of hydrogen-bond donors (Lipinski definition) is 0. The molecule has 0 saturated carbocycles. The summed E-state index contributed by atoms with van der Waals surface area (Å²) in [6.45, 7) is 0.0372. The molecule has 1 aromatic rings. The van der Waals surface area contributed by atoms with Crippen molar-refractivity contribution in [2.75, 3.05) is 0 Å². The molecule has 12 heavy (non-hydrogen) atoms. The van der Waals surface area contributed by atoms with E-state index in [9.17, 15) is 4.79 Å². The lowest BCUT2D eigenvalue weighted by molar-refractivity contribution is -0.136. The molecule has 0 bridgehead atoms. The number of nitrogens with zero attached hydrogens (tertiary/aromatic N) is 4. The van der Waals surface area contributed by atoms with E-state index < -0.39 is 5.97 Å². The fraction of sp³-hybridized carbons (Fsp3) is 0.400. The first-order valence-corrected chi connectivity index (χ1v) is 3.54. The van der Waals surface area contributed by atoms with Gasteiger partial charge < -0.3 is 4.74 Å². The summed E-state index contributed by atoms with van der Waals surface area (Å²) in [5.41, 5.74) is 0. The molecule has 7 heteroatoms. The van der Waals surface area contributed by atoms with Crippen molar-refractivity contribution in [2.24, 2.45) is 7.05 Å². The summed E-state index contributed by atoms with van der Waals surface area (Å²) in [5.74, 6) is -0.0896. The molecule has 1 rings (SSSR count). The average Bonchev–Trinajstić information content (AvgIpc) is 2.47. The van der Waals surface area contributed by atoms with Crippen LogP contribution in [0.5, 0.6) is 0 Å². The van der Waals surface area contributed by atoms with Crippen LogP contribution in [0.3, 0.4) is 0 Å². The van der Waals surface area contributed by atoms with E-state index in [1.807, 2.05) is 0 Å². The maximum Gasteiger partial charge on any atom is 0.342 e. The highest BCUT2D eigenvalue weighted by atomic mass is 32.1. The third kappa shape index (κ3) is 2.06. The molecule has 0 amide bonds. The Labute approximate surface area is 73.5 Å². The minimum atomic E-state index is -0.562. The summed E-state index contributed by atoms with van der Waals surface area (Å²) < 4.78 is 6.07. The molecule has 0 radical (unpaired) electrons. The summed E-state index contributed by atoms with van der Waals surface area (Å²) in [5, 5.41) is 11.4. The molecule has 0 unspecified atom stereocenters. The number of hydrogen-bond acceptors (Lipinski definition) is 6. The van der Waals surface area contributed by atoms with Gasteiger partial charge in [-0.05, 0) is 10.4 Å². The fourth-order valence-corrected chi connectivity index (χ4v) is 0.608. The Bertz CT molecular complexity index is 297. The molecule has 0 fully saturated rings. The van der Waals surface area contributed by atoms with Gasteiger partial charge in [0, 0.05) is 7.05 Å². The van der Waals surface area contributed by atoms with Crippen molar-refractivity contribution >= 4 is 23.6 Å². The SMILES string of the molecule is Cn1nnnc1COC(=O)C=S. The first-order valence-electron chi connectivity index (χ1n) is 3.07. The average molecular weight is 186 g/mol. The number of carbonyl (C=O) groups is 1. The van der Waals surface area contributed by atoms with Crippen molar-refractivity contribution in [2.45, 2.75) is 6.61 Å². The lowest BCUT2D eigenvalue weighted by Gasteiger charge is -1.97. The van der Waals surface area contributed by atoms with Gasteiger partial charge in [-0.2, -0.15) is 0 Å². The number of aryl methyl sites for hydroxylation is 1. The van der Waals surface area contributed by atoms with Gasteiger partial charge in [-0.1, -0.05) is 12.2 Å². The molecule has 0 saturated heterocycles. The topological polar surface area (TPSA) is 69.9 Å². The lowest BCUT2D eigenvalue weighted by atomic mass is 10.6. The predicted octanol–water partition coefficient (Wildman–Crippen LogP) is -0.747. The van der Waals surface area contributed by atoms with Crippen LogP contribution in [0.25, 0.3) is 0 Å². The number of rotatable bonds is 3. The van der Waals surface area contributed by atoms with Gasteiger partial charge in [-0.25, -0.2) is 9.48 Å². The van der Waals surface area contributed by atoms with E-state index in [1.54, 1.807) is 7.05 Å². The van der Waals surface area contributed by atoms with Gasteiger partial charge in [0.2, 0.25) is 0 Å². The van der Waals surface area contributed by atoms with Crippen LogP contribution in [0.2, 0.25) is 0 Å². The molecule has 0 aliphatic rings. The Kier molecular flexibility index (Phi) is 2.81. The predicted molar refractivity (Wildman–Crippen MR) is 42.2 cm³/mol. The van der Waals surface area contributed by atoms with Crippen molar-refractivity contribution in [3.8, 4) is 0 Å². The summed E-state index contributed by atoms with van der Waals surface area (Å²) in [4.78, 5) is 10.6. The second-order valence-corrected chi connectivity index (χ2v) is 2.18. The quantitative estimate of drug-likeness (QED) is 0.457. The van der Waals surface area contributed by atoms with Crippen LogP contribution in [0.15, 0.2) is 0 Å². The van der Waals surface area contributed by atoms with E-state index in [0.717, 1.165) is 5.37 Å². The molecule has 0 spiro atoms. The second-order valence-electron chi connectivity index (χ2n) is 1.94. The van der Waals surface area contributed by atoms with Crippen molar-refractivity contribution < 1.29 is 9.53 Å². The number of thiocarbonyl (C=S) groups is 1. The molecule has 6 nitrogen and oxygen atoms in total. The number of aromatic nitrogens is 4. The molecular formula is C5H6N4O2S. The van der Waals surface area contributed by atoms with Crippen LogP contribution in [0.1, 0.15) is 5.82 Å². The van der Waals surface area contributed by atoms with Crippen molar-refractivity contribution in [3.63, 3.8) is 0 Å². The minimum absolute atomic E-state index is 0.0372. The van der Waals surface area contributed by atoms with Gasteiger partial charge >= 0.3 is 5.97 Å². The summed E-state index contributed by atoms with van der Waals surface area (Å²) in [6, 6.07) is 0. The molecule has 1 heterocycles.